The molecule has 2 unspecified atom stereocenters. The number of aliphatic hydroxyl groups is 2. The number of allylic oxidation sites excluding steroid dienone is 8. The number of carbonyl (C=O) groups is 2. The number of ether oxygens (including phenoxy) is 1. The number of hydrogen-bond acceptors (Lipinski definition) is 5. The SMILES string of the molecule is CCCCC/C=C\C/C=C\CCCCCCCCCCCC(=O)OCCCCCCCCCCCCCCC/C=C\C/C=C\CCCCCCCCCCCCCCCCCCCC(=O)NC(CO)C(O)CCCCCCCCCCCCCCCCCCCCCCCCCCC. The molecule has 98 heavy (non-hydrogen) atoms. The zero-order valence-electron chi connectivity index (χ0n) is 66.5. The third-order valence-corrected chi connectivity index (χ3v) is 21.1. The minimum absolute atomic E-state index is 0.0158. The monoisotopic (exact) mass is 1370 g/mol. The van der Waals surface area contributed by atoms with Gasteiger partial charge in [0.1, 0.15) is 0 Å². The van der Waals surface area contributed by atoms with Crippen molar-refractivity contribution in [3.63, 3.8) is 0 Å². The zero-order chi connectivity index (χ0) is 70.5. The van der Waals surface area contributed by atoms with Crippen molar-refractivity contribution in [2.45, 2.75) is 514 Å². The van der Waals surface area contributed by atoms with Gasteiger partial charge in [-0.15, -0.1) is 0 Å². The normalized spacial score (nSPS) is 12.7. The first-order valence-corrected chi connectivity index (χ1v) is 44.9. The van der Waals surface area contributed by atoms with Crippen LogP contribution in [-0.4, -0.2) is 47.4 Å². The van der Waals surface area contributed by atoms with Gasteiger partial charge in [0.2, 0.25) is 5.91 Å². The molecule has 0 radical (unpaired) electrons. The molecule has 0 heterocycles. The summed E-state index contributed by atoms with van der Waals surface area (Å²) in [5.74, 6) is -0.0104. The molecule has 0 saturated heterocycles. The second kappa shape index (κ2) is 87.2. The van der Waals surface area contributed by atoms with E-state index >= 15 is 0 Å². The molecule has 0 aromatic heterocycles. The fourth-order valence-electron chi connectivity index (χ4n) is 14.3. The van der Waals surface area contributed by atoms with Crippen LogP contribution < -0.4 is 5.32 Å². The Balaban J connectivity index is 3.36. The highest BCUT2D eigenvalue weighted by molar-refractivity contribution is 5.76. The van der Waals surface area contributed by atoms with Crippen LogP contribution in [0.3, 0.4) is 0 Å². The highest BCUT2D eigenvalue weighted by atomic mass is 16.5. The Kier molecular flexibility index (Phi) is 85.3. The van der Waals surface area contributed by atoms with Gasteiger partial charge >= 0.3 is 5.97 Å². The summed E-state index contributed by atoms with van der Waals surface area (Å²) in [5, 5.41) is 23.5. The first-order chi connectivity index (χ1) is 48.5. The van der Waals surface area contributed by atoms with Gasteiger partial charge in [0.25, 0.3) is 0 Å². The molecule has 0 aromatic rings. The van der Waals surface area contributed by atoms with Crippen LogP contribution >= 0.6 is 0 Å². The average molecular weight is 1380 g/mol. The predicted octanol–water partition coefficient (Wildman–Crippen LogP) is 30.3. The largest absolute Gasteiger partial charge is 0.466 e. The molecule has 3 N–H and O–H groups in total. The molecule has 578 valence electrons. The van der Waals surface area contributed by atoms with E-state index in [1.807, 2.05) is 0 Å². The lowest BCUT2D eigenvalue weighted by molar-refractivity contribution is -0.143. The number of carbonyl (C=O) groups excluding carboxylic acids is 2. The van der Waals surface area contributed by atoms with Gasteiger partial charge in [-0.25, -0.2) is 0 Å². The molecular weight excluding hydrogens is 1200 g/mol. The van der Waals surface area contributed by atoms with E-state index in [-0.39, 0.29) is 18.5 Å². The Hall–Kier alpha value is -2.18. The van der Waals surface area contributed by atoms with Gasteiger partial charge in [0, 0.05) is 12.8 Å². The van der Waals surface area contributed by atoms with E-state index in [0.29, 0.717) is 25.9 Å². The van der Waals surface area contributed by atoms with Crippen molar-refractivity contribution in [3.05, 3.63) is 48.6 Å². The van der Waals surface area contributed by atoms with Crippen molar-refractivity contribution in [2.24, 2.45) is 0 Å². The molecule has 0 saturated carbocycles. The third-order valence-electron chi connectivity index (χ3n) is 21.1. The van der Waals surface area contributed by atoms with Gasteiger partial charge < -0.3 is 20.3 Å². The van der Waals surface area contributed by atoms with Crippen LogP contribution in [-0.2, 0) is 14.3 Å². The second-order valence-corrected chi connectivity index (χ2v) is 30.9. The Bertz CT molecular complexity index is 1640. The molecule has 0 aliphatic carbocycles. The molecule has 0 rings (SSSR count). The number of esters is 1. The smallest absolute Gasteiger partial charge is 0.305 e. The predicted molar refractivity (Wildman–Crippen MR) is 435 cm³/mol. The van der Waals surface area contributed by atoms with Crippen molar-refractivity contribution in [1.29, 1.82) is 0 Å². The molecular formula is C92H175NO5. The van der Waals surface area contributed by atoms with E-state index in [1.165, 1.54) is 411 Å². The molecule has 0 aromatic carbocycles. The topological polar surface area (TPSA) is 95.9 Å². The molecule has 6 heteroatoms. The summed E-state index contributed by atoms with van der Waals surface area (Å²) in [6, 6.07) is -0.542. The molecule has 2 atom stereocenters. The summed E-state index contributed by atoms with van der Waals surface area (Å²) < 4.78 is 5.52. The van der Waals surface area contributed by atoms with Crippen LogP contribution in [0.1, 0.15) is 502 Å². The van der Waals surface area contributed by atoms with E-state index in [4.69, 9.17) is 4.74 Å². The first-order valence-electron chi connectivity index (χ1n) is 44.9. The molecule has 0 aliphatic heterocycles. The molecule has 1 amide bonds. The van der Waals surface area contributed by atoms with Crippen molar-refractivity contribution in [3.8, 4) is 0 Å². The van der Waals surface area contributed by atoms with Crippen molar-refractivity contribution in [2.75, 3.05) is 13.2 Å². The summed E-state index contributed by atoms with van der Waals surface area (Å²) in [6.07, 6.45) is 117. The summed E-state index contributed by atoms with van der Waals surface area (Å²) in [5.41, 5.74) is 0. The van der Waals surface area contributed by atoms with Crippen molar-refractivity contribution in [1.82, 2.24) is 5.32 Å². The molecule has 0 fully saturated rings. The van der Waals surface area contributed by atoms with Gasteiger partial charge in [-0.3, -0.25) is 9.59 Å². The lowest BCUT2D eigenvalue weighted by Gasteiger charge is -2.22. The minimum atomic E-state index is -0.665. The number of amides is 1. The fraction of sp³-hybridized carbons (Fsp3) is 0.891. The van der Waals surface area contributed by atoms with Crippen LogP contribution in [0, 0.1) is 0 Å². The number of rotatable bonds is 85. The molecule has 0 aliphatic rings. The van der Waals surface area contributed by atoms with Gasteiger partial charge in [0.15, 0.2) is 0 Å². The highest BCUT2D eigenvalue weighted by Gasteiger charge is 2.20. The molecule has 0 bridgehead atoms. The number of nitrogens with one attached hydrogen (secondary N) is 1. The average Bonchev–Trinajstić information content (AvgIpc) is 1.77. The molecule has 0 spiro atoms. The quantitative estimate of drug-likeness (QED) is 0.0320. The van der Waals surface area contributed by atoms with Crippen LogP contribution in [0.2, 0.25) is 0 Å². The van der Waals surface area contributed by atoms with Gasteiger partial charge in [0.05, 0.1) is 25.4 Å². The van der Waals surface area contributed by atoms with Crippen molar-refractivity contribution >= 4 is 11.9 Å². The van der Waals surface area contributed by atoms with Crippen LogP contribution in [0.15, 0.2) is 48.6 Å². The standard InChI is InChI=1S/C92H175NO5/c1-3-5-7-9-11-13-15-17-19-21-23-24-25-39-42-45-49-52-56-60-64-68-72-76-80-84-90(95)89(88-94)93-91(96)85-81-77-73-69-65-61-57-53-50-46-43-40-37-35-33-31-29-27-26-28-30-32-34-36-38-41-44-47-51-55-59-63-67-71-75-79-83-87-98-92(97)86-82-78-74-70-66-62-58-54-48-22-20-18-16-14-12-10-8-6-4-2/h12,14,18,20,26,28,32,34,89-90,94-95H,3-11,13,15-17,19,21-25,27,29-31,33,35-88H2,1-2H3,(H,93,96)/b14-12-,20-18-,28-26-,34-32-. The number of aliphatic hydroxyl groups excluding tert-OH is 2. The summed E-state index contributed by atoms with van der Waals surface area (Å²) >= 11 is 0. The van der Waals surface area contributed by atoms with Crippen LogP contribution in [0.25, 0.3) is 0 Å². The Morgan fingerprint density at radius 1 is 0.286 bits per heavy atom. The summed E-state index contributed by atoms with van der Waals surface area (Å²) in [7, 11) is 0. The third kappa shape index (κ3) is 82.8. The minimum Gasteiger partial charge on any atom is -0.466 e. The second-order valence-electron chi connectivity index (χ2n) is 30.9. The zero-order valence-corrected chi connectivity index (χ0v) is 66.5. The number of hydrogen-bond donors (Lipinski definition) is 3. The van der Waals surface area contributed by atoms with E-state index in [0.717, 1.165) is 57.8 Å². The first kappa shape index (κ1) is 95.8. The number of unbranched alkanes of at least 4 members (excludes halogenated alkanes) is 66. The summed E-state index contributed by atoms with van der Waals surface area (Å²) in [6.45, 7) is 4.98. The lowest BCUT2D eigenvalue weighted by atomic mass is 10.0. The van der Waals surface area contributed by atoms with Crippen molar-refractivity contribution < 1.29 is 24.5 Å². The van der Waals surface area contributed by atoms with Crippen LogP contribution in [0.4, 0.5) is 0 Å². The van der Waals surface area contributed by atoms with Gasteiger partial charge in [-0.2, -0.15) is 0 Å². The van der Waals surface area contributed by atoms with Gasteiger partial charge in [-0.1, -0.05) is 448 Å². The maximum atomic E-state index is 12.6. The molecule has 6 nitrogen and oxygen atoms in total. The lowest BCUT2D eigenvalue weighted by Crippen LogP contribution is -2.45. The Morgan fingerprint density at radius 2 is 0.510 bits per heavy atom. The maximum absolute atomic E-state index is 12.6. The Labute approximate surface area is 614 Å². The van der Waals surface area contributed by atoms with E-state index in [9.17, 15) is 19.8 Å². The summed E-state index contributed by atoms with van der Waals surface area (Å²) in [4.78, 5) is 24.7. The van der Waals surface area contributed by atoms with E-state index < -0.39 is 12.1 Å². The Morgan fingerprint density at radius 3 is 0.796 bits per heavy atom. The maximum Gasteiger partial charge on any atom is 0.305 e. The van der Waals surface area contributed by atoms with E-state index in [1.54, 1.807) is 0 Å². The van der Waals surface area contributed by atoms with Gasteiger partial charge in [-0.05, 0) is 89.9 Å². The van der Waals surface area contributed by atoms with Crippen LogP contribution in [0.5, 0.6) is 0 Å². The fourth-order valence-corrected chi connectivity index (χ4v) is 14.3. The highest BCUT2D eigenvalue weighted by Crippen LogP contribution is 2.21. The van der Waals surface area contributed by atoms with E-state index in [2.05, 4.69) is 67.8 Å².